The normalized spacial score (nSPS) is 18.4. The number of hydrogen-bond donors (Lipinski definition) is 1. The van der Waals surface area contributed by atoms with Crippen LogP contribution in [0.5, 0.6) is 0 Å². The van der Waals surface area contributed by atoms with E-state index in [9.17, 15) is 34.8 Å². The molecule has 1 amide bonds. The Hall–Kier alpha value is -2.60. The highest BCUT2D eigenvalue weighted by Crippen LogP contribution is 2.37. The third-order valence-electron chi connectivity index (χ3n) is 4.44. The molecular weight excluding hydrogens is 445 g/mol. The van der Waals surface area contributed by atoms with Crippen molar-refractivity contribution in [3.05, 3.63) is 54.1 Å². The van der Waals surface area contributed by atoms with Crippen LogP contribution in [0, 0.1) is 5.41 Å². The van der Waals surface area contributed by atoms with Crippen LogP contribution in [0.25, 0.3) is 0 Å². The number of nitrogens with one attached hydrogen (secondary N) is 1. The van der Waals surface area contributed by atoms with Gasteiger partial charge in [0.15, 0.2) is 0 Å². The molecule has 7 nitrogen and oxygen atoms in total. The molecule has 12 heteroatoms. The van der Waals surface area contributed by atoms with Crippen molar-refractivity contribution in [2.24, 2.45) is 5.41 Å². The molecule has 1 saturated heterocycles. The third kappa shape index (κ3) is 4.01. The highest BCUT2D eigenvalue weighted by Gasteiger charge is 2.49. The first-order chi connectivity index (χ1) is 13.7. The molecule has 0 bridgehead atoms. The molecule has 1 heterocycles. The molecule has 0 aliphatic carbocycles. The van der Waals surface area contributed by atoms with Crippen LogP contribution in [0.4, 0.5) is 24.5 Å². The van der Waals surface area contributed by atoms with E-state index in [-0.39, 0.29) is 5.69 Å². The molecule has 1 fully saturated rings. The van der Waals surface area contributed by atoms with E-state index in [1.165, 1.54) is 19.9 Å². The number of alkyl halides is 3. The van der Waals surface area contributed by atoms with Crippen molar-refractivity contribution < 1.29 is 34.8 Å². The number of hydrogen-bond acceptors (Lipinski definition) is 5. The fourth-order valence-electron chi connectivity index (χ4n) is 3.05. The van der Waals surface area contributed by atoms with Crippen LogP contribution in [0.15, 0.2) is 53.4 Å². The summed E-state index contributed by atoms with van der Waals surface area (Å²) in [6.07, 6.45) is -4.76. The first kappa shape index (κ1) is 22.1. The largest absolute Gasteiger partial charge is 0.418 e. The molecule has 0 spiro atoms. The van der Waals surface area contributed by atoms with Gasteiger partial charge in [-0.05, 0) is 50.2 Å². The summed E-state index contributed by atoms with van der Waals surface area (Å²) in [5, 5.41) is 0. The summed E-state index contributed by atoms with van der Waals surface area (Å²) in [5.41, 5.74) is -2.98. The average Bonchev–Trinajstić information content (AvgIpc) is 2.77. The van der Waals surface area contributed by atoms with Crippen molar-refractivity contribution in [1.82, 2.24) is 0 Å². The van der Waals surface area contributed by atoms with E-state index in [0.717, 1.165) is 42.5 Å². The van der Waals surface area contributed by atoms with Crippen LogP contribution in [0.3, 0.4) is 0 Å². The number of anilines is 2. The minimum atomic E-state index is -4.76. The topological polar surface area (TPSA) is 101 Å². The van der Waals surface area contributed by atoms with E-state index in [2.05, 4.69) is 0 Å². The fourth-order valence-corrected chi connectivity index (χ4v) is 6.23. The van der Waals surface area contributed by atoms with E-state index >= 15 is 0 Å². The predicted molar refractivity (Wildman–Crippen MR) is 104 cm³/mol. The van der Waals surface area contributed by atoms with Crippen LogP contribution in [-0.2, 0) is 31.0 Å². The molecular formula is C18H17F3N2O5S2. The van der Waals surface area contributed by atoms with Gasteiger partial charge in [0.05, 0.1) is 33.0 Å². The summed E-state index contributed by atoms with van der Waals surface area (Å²) in [4.78, 5) is 12.0. The molecule has 162 valence electrons. The van der Waals surface area contributed by atoms with Gasteiger partial charge in [0.1, 0.15) is 0 Å². The van der Waals surface area contributed by atoms with E-state index in [1.54, 1.807) is 0 Å². The number of benzene rings is 2. The maximum Gasteiger partial charge on any atom is 0.418 e. The van der Waals surface area contributed by atoms with Gasteiger partial charge in [0, 0.05) is 0 Å². The zero-order chi connectivity index (χ0) is 22.5. The molecule has 0 unspecified atom stereocenters. The number of halogens is 3. The summed E-state index contributed by atoms with van der Waals surface area (Å²) in [6, 6.07) is 8.36. The van der Waals surface area contributed by atoms with E-state index in [4.69, 9.17) is 0 Å². The Bertz CT molecular complexity index is 1210. The van der Waals surface area contributed by atoms with E-state index < -0.39 is 59.4 Å². The molecule has 3 rings (SSSR count). The molecule has 2 aromatic carbocycles. The van der Waals surface area contributed by atoms with Crippen LogP contribution >= 0.6 is 0 Å². The van der Waals surface area contributed by atoms with Crippen LogP contribution < -0.4 is 9.03 Å². The molecule has 0 aromatic heterocycles. The number of rotatable bonds is 4. The summed E-state index contributed by atoms with van der Waals surface area (Å²) in [7, 11) is -8.33. The Labute approximate surface area is 171 Å². The summed E-state index contributed by atoms with van der Waals surface area (Å²) in [6.45, 7) is 2.96. The highest BCUT2D eigenvalue weighted by atomic mass is 32.2. The molecule has 30 heavy (non-hydrogen) atoms. The fraction of sp³-hybridized carbons (Fsp3) is 0.278. The molecule has 2 aromatic rings. The number of carbonyl (C=O) groups excluding carboxylic acids is 1. The lowest BCUT2D eigenvalue weighted by atomic mass is 9.95. The molecule has 0 saturated carbocycles. The SMILES string of the molecule is CC1(C)CS(=O)(=O)N(c2ccc(S(=O)(=O)Nc3ccccc3C(F)(F)F)cc2)C1=O. The molecule has 0 radical (unpaired) electrons. The number of nitrogens with zero attached hydrogens (tertiary/aromatic N) is 1. The second-order valence-electron chi connectivity index (χ2n) is 7.35. The Balaban J connectivity index is 1.93. The maximum absolute atomic E-state index is 13.1. The predicted octanol–water partition coefficient (Wildman–Crippen LogP) is 3.21. The first-order valence-electron chi connectivity index (χ1n) is 8.52. The van der Waals surface area contributed by atoms with Gasteiger partial charge in [-0.15, -0.1) is 0 Å². The van der Waals surface area contributed by atoms with Gasteiger partial charge in [-0.2, -0.15) is 13.2 Å². The van der Waals surface area contributed by atoms with Crippen molar-refractivity contribution >= 4 is 37.3 Å². The number of carbonyl (C=O) groups is 1. The van der Waals surface area contributed by atoms with Gasteiger partial charge in [0.2, 0.25) is 15.9 Å². The van der Waals surface area contributed by atoms with E-state index in [0.29, 0.717) is 4.31 Å². The second-order valence-corrected chi connectivity index (χ2v) is 10.9. The summed E-state index contributed by atoms with van der Waals surface area (Å²) < 4.78 is 91.5. The van der Waals surface area contributed by atoms with Gasteiger partial charge in [-0.3, -0.25) is 9.52 Å². The Morgan fingerprint density at radius 1 is 1.03 bits per heavy atom. The highest BCUT2D eigenvalue weighted by molar-refractivity contribution is 7.94. The Morgan fingerprint density at radius 3 is 2.10 bits per heavy atom. The number of para-hydroxylation sites is 1. The van der Waals surface area contributed by atoms with Gasteiger partial charge in [0.25, 0.3) is 10.0 Å². The molecule has 1 N–H and O–H groups in total. The lowest BCUT2D eigenvalue weighted by Crippen LogP contribution is -2.32. The van der Waals surface area contributed by atoms with Crippen LogP contribution in [-0.4, -0.2) is 28.5 Å². The zero-order valence-corrected chi connectivity index (χ0v) is 17.4. The molecule has 1 aliphatic heterocycles. The Kier molecular flexibility index (Phi) is 5.14. The second kappa shape index (κ2) is 6.98. The minimum Gasteiger partial charge on any atom is -0.279 e. The van der Waals surface area contributed by atoms with Gasteiger partial charge < -0.3 is 0 Å². The van der Waals surface area contributed by atoms with Crippen molar-refractivity contribution in [2.45, 2.75) is 24.9 Å². The Morgan fingerprint density at radius 2 is 1.60 bits per heavy atom. The number of sulfonamides is 2. The standard InChI is InChI=1S/C18H17F3N2O5S2/c1-17(2)11-29(25,26)23(16(17)24)12-7-9-13(10-8-12)30(27,28)22-15-6-4-3-5-14(15)18(19,20)21/h3-10,22H,11H2,1-2H3. The third-order valence-corrected chi connectivity index (χ3v) is 7.84. The van der Waals surface area contributed by atoms with E-state index in [1.807, 2.05) is 4.72 Å². The van der Waals surface area contributed by atoms with Crippen molar-refractivity contribution in [2.75, 3.05) is 14.8 Å². The van der Waals surface area contributed by atoms with Crippen molar-refractivity contribution in [3.8, 4) is 0 Å². The first-order valence-corrected chi connectivity index (χ1v) is 11.6. The lowest BCUT2D eigenvalue weighted by molar-refractivity contribution is -0.136. The average molecular weight is 462 g/mol. The number of amides is 1. The molecule has 0 atom stereocenters. The van der Waals surface area contributed by atoms with Crippen LogP contribution in [0.2, 0.25) is 0 Å². The quantitative estimate of drug-likeness (QED) is 0.752. The van der Waals surface area contributed by atoms with Crippen LogP contribution in [0.1, 0.15) is 19.4 Å². The van der Waals surface area contributed by atoms with Gasteiger partial charge >= 0.3 is 6.18 Å². The maximum atomic E-state index is 13.1. The summed E-state index contributed by atoms with van der Waals surface area (Å²) in [5.74, 6) is -1.05. The van der Waals surface area contributed by atoms with Crippen molar-refractivity contribution in [1.29, 1.82) is 0 Å². The van der Waals surface area contributed by atoms with Gasteiger partial charge in [-0.1, -0.05) is 12.1 Å². The smallest absolute Gasteiger partial charge is 0.279 e. The van der Waals surface area contributed by atoms with Gasteiger partial charge in [-0.25, -0.2) is 21.1 Å². The van der Waals surface area contributed by atoms with Crippen molar-refractivity contribution in [3.63, 3.8) is 0 Å². The lowest BCUT2D eigenvalue weighted by Gasteiger charge is -2.18. The zero-order valence-electron chi connectivity index (χ0n) is 15.8. The summed E-state index contributed by atoms with van der Waals surface area (Å²) >= 11 is 0. The monoisotopic (exact) mass is 462 g/mol. The minimum absolute atomic E-state index is 0.0554. The molecule has 1 aliphatic rings.